The Balaban J connectivity index is 1.40. The first-order valence-electron chi connectivity index (χ1n) is 13.1. The number of aliphatic imine (C=N–C) groups is 1. The van der Waals surface area contributed by atoms with Crippen molar-refractivity contribution in [2.24, 2.45) is 4.99 Å². The minimum absolute atomic E-state index is 0.387. The highest BCUT2D eigenvalue weighted by molar-refractivity contribution is 5.71. The van der Waals surface area contributed by atoms with Gasteiger partial charge in [-0.2, -0.15) is 0 Å². The average molecular weight is 524 g/mol. The maximum atomic E-state index is 6.48. The van der Waals surface area contributed by atoms with E-state index < -0.39 is 24.6 Å². The van der Waals surface area contributed by atoms with Crippen molar-refractivity contribution in [1.82, 2.24) is 0 Å². The number of hydrogen-bond donors (Lipinski definition) is 0. The minimum Gasteiger partial charge on any atom is -0.494 e. The van der Waals surface area contributed by atoms with Crippen LogP contribution >= 0.6 is 0 Å². The number of hydrogen-bond acceptors (Lipinski definition) is 6. The molecule has 0 radical (unpaired) electrons. The standard InChI is InChI=1S/C33H33NO5/c1-35-29-20-12-11-19-28(29)34-21-30-31(36-22-25-13-5-2-6-14-25)32(37-23-26-15-7-3-8-16-26)33(39-30)38-24-27-17-9-4-10-18-27/h2-21,30-33H,22-24H2,1H3/t30-,31-,32-,33+/m1/s1. The number of benzene rings is 4. The van der Waals surface area contributed by atoms with Crippen molar-refractivity contribution in [3.63, 3.8) is 0 Å². The molecule has 1 fully saturated rings. The van der Waals surface area contributed by atoms with Gasteiger partial charge in [0, 0.05) is 6.21 Å². The Morgan fingerprint density at radius 3 is 1.67 bits per heavy atom. The summed E-state index contributed by atoms with van der Waals surface area (Å²) in [5.41, 5.74) is 3.89. The molecular weight excluding hydrogens is 490 g/mol. The smallest absolute Gasteiger partial charge is 0.187 e. The number of rotatable bonds is 12. The zero-order valence-corrected chi connectivity index (χ0v) is 22.0. The Labute approximate surface area is 229 Å². The van der Waals surface area contributed by atoms with E-state index in [2.05, 4.69) is 0 Å². The van der Waals surface area contributed by atoms with Gasteiger partial charge in [-0.1, -0.05) is 103 Å². The highest BCUT2D eigenvalue weighted by atomic mass is 16.7. The second-order valence-corrected chi connectivity index (χ2v) is 9.24. The summed E-state index contributed by atoms with van der Waals surface area (Å²) in [5.74, 6) is 0.683. The predicted octanol–water partition coefficient (Wildman–Crippen LogP) is 6.51. The van der Waals surface area contributed by atoms with Crippen molar-refractivity contribution in [2.75, 3.05) is 7.11 Å². The number of ether oxygens (including phenoxy) is 5. The second-order valence-electron chi connectivity index (χ2n) is 9.24. The van der Waals surface area contributed by atoms with Gasteiger partial charge in [0.05, 0.1) is 26.9 Å². The van der Waals surface area contributed by atoms with E-state index in [4.69, 9.17) is 28.7 Å². The fourth-order valence-corrected chi connectivity index (χ4v) is 4.44. The zero-order valence-electron chi connectivity index (χ0n) is 22.0. The largest absolute Gasteiger partial charge is 0.494 e. The monoisotopic (exact) mass is 523 g/mol. The van der Waals surface area contributed by atoms with Gasteiger partial charge in [0.2, 0.25) is 0 Å². The Morgan fingerprint density at radius 2 is 1.10 bits per heavy atom. The SMILES string of the molecule is COc1ccccc1N=C[C@H]1O[C@H](OCc2ccccc2)[C@H](OCc2ccccc2)[C@@H]1OCc1ccccc1. The molecule has 0 N–H and O–H groups in total. The van der Waals surface area contributed by atoms with Crippen LogP contribution in [-0.4, -0.2) is 37.9 Å². The summed E-state index contributed by atoms with van der Waals surface area (Å²) >= 11 is 0. The van der Waals surface area contributed by atoms with Gasteiger partial charge in [-0.05, 0) is 28.8 Å². The fourth-order valence-electron chi connectivity index (χ4n) is 4.44. The van der Waals surface area contributed by atoms with Crippen LogP contribution in [0.25, 0.3) is 0 Å². The lowest BCUT2D eigenvalue weighted by atomic mass is 10.1. The molecule has 4 atom stereocenters. The van der Waals surface area contributed by atoms with E-state index in [1.54, 1.807) is 13.3 Å². The fraction of sp³-hybridized carbons (Fsp3) is 0.242. The van der Waals surface area contributed by atoms with E-state index in [1.165, 1.54) is 0 Å². The lowest BCUT2D eigenvalue weighted by Gasteiger charge is -2.24. The highest BCUT2D eigenvalue weighted by Crippen LogP contribution is 2.31. The van der Waals surface area contributed by atoms with Crippen LogP contribution in [0.3, 0.4) is 0 Å². The minimum atomic E-state index is -0.649. The summed E-state index contributed by atoms with van der Waals surface area (Å²) in [6, 6.07) is 37.8. The molecule has 1 aliphatic heterocycles. The van der Waals surface area contributed by atoms with Crippen LogP contribution in [0.5, 0.6) is 5.75 Å². The summed E-state index contributed by atoms with van der Waals surface area (Å²) in [7, 11) is 1.63. The molecule has 0 spiro atoms. The van der Waals surface area contributed by atoms with Gasteiger partial charge >= 0.3 is 0 Å². The molecule has 39 heavy (non-hydrogen) atoms. The van der Waals surface area contributed by atoms with Crippen LogP contribution in [0.15, 0.2) is 120 Å². The van der Waals surface area contributed by atoms with Gasteiger partial charge in [0.25, 0.3) is 0 Å². The zero-order chi connectivity index (χ0) is 26.7. The summed E-state index contributed by atoms with van der Waals surface area (Å²) in [5, 5.41) is 0. The van der Waals surface area contributed by atoms with Crippen molar-refractivity contribution in [3.8, 4) is 5.75 Å². The van der Waals surface area contributed by atoms with Crippen LogP contribution in [0.2, 0.25) is 0 Å². The van der Waals surface area contributed by atoms with Gasteiger partial charge in [-0.3, -0.25) is 4.99 Å². The maximum Gasteiger partial charge on any atom is 0.187 e. The van der Waals surface area contributed by atoms with Crippen LogP contribution < -0.4 is 4.74 Å². The summed E-state index contributed by atoms with van der Waals surface area (Å²) in [4.78, 5) is 4.70. The molecule has 0 amide bonds. The molecule has 4 aromatic rings. The van der Waals surface area contributed by atoms with Crippen molar-refractivity contribution < 1.29 is 23.7 Å². The topological polar surface area (TPSA) is 58.5 Å². The molecule has 5 rings (SSSR count). The van der Waals surface area contributed by atoms with E-state index in [0.29, 0.717) is 31.3 Å². The number of methoxy groups -OCH3 is 1. The lowest BCUT2D eigenvalue weighted by molar-refractivity contribution is -0.182. The van der Waals surface area contributed by atoms with E-state index >= 15 is 0 Å². The van der Waals surface area contributed by atoms with Gasteiger partial charge in [-0.25, -0.2) is 0 Å². The van der Waals surface area contributed by atoms with Gasteiger partial charge in [0.15, 0.2) is 6.29 Å². The van der Waals surface area contributed by atoms with Crippen molar-refractivity contribution in [1.29, 1.82) is 0 Å². The molecule has 1 aliphatic rings. The molecule has 6 heteroatoms. The Kier molecular flexibility index (Phi) is 9.50. The molecular formula is C33H33NO5. The van der Waals surface area contributed by atoms with Crippen LogP contribution in [-0.2, 0) is 38.8 Å². The van der Waals surface area contributed by atoms with Crippen LogP contribution in [0.4, 0.5) is 5.69 Å². The van der Waals surface area contributed by atoms with Crippen molar-refractivity contribution in [3.05, 3.63) is 132 Å². The highest BCUT2D eigenvalue weighted by Gasteiger charge is 2.46. The third kappa shape index (κ3) is 7.40. The van der Waals surface area contributed by atoms with Gasteiger partial charge in [0.1, 0.15) is 29.7 Å². The van der Waals surface area contributed by atoms with Crippen molar-refractivity contribution >= 4 is 11.9 Å². The number of para-hydroxylation sites is 2. The van der Waals surface area contributed by atoms with E-state index in [1.807, 2.05) is 115 Å². The average Bonchev–Trinajstić information content (AvgIpc) is 3.34. The molecule has 1 saturated heterocycles. The summed E-state index contributed by atoms with van der Waals surface area (Å²) in [6.07, 6.45) is -0.318. The molecule has 0 bridgehead atoms. The summed E-state index contributed by atoms with van der Waals surface area (Å²) in [6.45, 7) is 1.20. The molecule has 1 heterocycles. The first-order valence-corrected chi connectivity index (χ1v) is 13.1. The molecule has 4 aromatic carbocycles. The normalized spacial score (nSPS) is 20.8. The second kappa shape index (κ2) is 13.8. The summed E-state index contributed by atoms with van der Waals surface area (Å²) < 4.78 is 31.1. The first-order chi connectivity index (χ1) is 19.3. The van der Waals surface area contributed by atoms with Crippen LogP contribution in [0, 0.1) is 0 Å². The number of nitrogens with zero attached hydrogens (tertiary/aromatic N) is 1. The Hall–Kier alpha value is -3.81. The Morgan fingerprint density at radius 1 is 0.615 bits per heavy atom. The van der Waals surface area contributed by atoms with Gasteiger partial charge in [-0.15, -0.1) is 0 Å². The molecule has 0 unspecified atom stereocenters. The molecule has 0 aromatic heterocycles. The third-order valence-electron chi connectivity index (χ3n) is 6.48. The van der Waals surface area contributed by atoms with E-state index in [0.717, 1.165) is 16.7 Å². The first kappa shape index (κ1) is 26.8. The lowest BCUT2D eigenvalue weighted by Crippen LogP contribution is -2.38. The third-order valence-corrected chi connectivity index (χ3v) is 6.48. The van der Waals surface area contributed by atoms with Crippen LogP contribution in [0.1, 0.15) is 16.7 Å². The quantitative estimate of drug-likeness (QED) is 0.198. The van der Waals surface area contributed by atoms with Gasteiger partial charge < -0.3 is 23.7 Å². The Bertz CT molecular complexity index is 1300. The molecule has 200 valence electrons. The maximum absolute atomic E-state index is 6.48. The molecule has 0 saturated carbocycles. The van der Waals surface area contributed by atoms with E-state index in [-0.39, 0.29) is 0 Å². The van der Waals surface area contributed by atoms with Crippen molar-refractivity contribution in [2.45, 2.75) is 44.4 Å². The van der Waals surface area contributed by atoms with E-state index in [9.17, 15) is 0 Å². The molecule has 0 aliphatic carbocycles. The predicted molar refractivity (Wildman–Crippen MR) is 151 cm³/mol. The molecule has 6 nitrogen and oxygen atoms in total.